The molecule has 0 fully saturated rings. The molecule has 0 rings (SSSR count). The molecule has 0 bridgehead atoms. The maximum Gasteiger partial charge on any atom is 0.221 e. The van der Waals surface area contributed by atoms with Crippen LogP contribution in [-0.2, 0) is 4.79 Å². The number of hydrogen-bond acceptors (Lipinski definition) is 3. The zero-order valence-electron chi connectivity index (χ0n) is 5.08. The Kier molecular flexibility index (Phi) is 4.53. The highest BCUT2D eigenvalue weighted by Gasteiger charge is 2.11. The maximum atomic E-state index is 10.4. The predicted molar refractivity (Wildman–Crippen MR) is 38.2 cm³/mol. The summed E-state index contributed by atoms with van der Waals surface area (Å²) in [5.74, 6) is -0.256. The third-order valence-electron chi connectivity index (χ3n) is 1.10. The highest BCUT2D eigenvalue weighted by Crippen LogP contribution is 2.02. The van der Waals surface area contributed by atoms with Gasteiger partial charge in [-0.2, -0.15) is 12.6 Å². The summed E-state index contributed by atoms with van der Waals surface area (Å²) >= 11 is 3.88. The van der Waals surface area contributed by atoms with Gasteiger partial charge in [0, 0.05) is 18.3 Å². The predicted octanol–water partition coefficient (Wildman–Crippen LogP) is -0.600. The lowest BCUT2D eigenvalue weighted by Crippen LogP contribution is -2.25. The van der Waals surface area contributed by atoms with Crippen LogP contribution in [0.25, 0.3) is 0 Å². The average molecular weight is 149 g/mol. The van der Waals surface area contributed by atoms with Crippen LogP contribution in [0.2, 0.25) is 0 Å². The fourth-order valence-corrected chi connectivity index (χ4v) is 0.842. The standard InChI is InChI=1S/C5H11NO2S/c6-5(8)4(3-9)1-2-7/h4,7,9H,1-3H2,(H2,6,8). The Hall–Kier alpha value is -0.220. The van der Waals surface area contributed by atoms with E-state index in [1.165, 1.54) is 0 Å². The van der Waals surface area contributed by atoms with Gasteiger partial charge in [-0.3, -0.25) is 4.79 Å². The third-order valence-corrected chi connectivity index (χ3v) is 1.54. The van der Waals surface area contributed by atoms with E-state index in [1.807, 2.05) is 0 Å². The SMILES string of the molecule is NC(=O)C(CS)CCO. The summed E-state index contributed by atoms with van der Waals surface area (Å²) < 4.78 is 0. The largest absolute Gasteiger partial charge is 0.396 e. The van der Waals surface area contributed by atoms with Crippen molar-refractivity contribution in [3.05, 3.63) is 0 Å². The van der Waals surface area contributed by atoms with Gasteiger partial charge in [0.2, 0.25) is 5.91 Å². The van der Waals surface area contributed by atoms with Crippen LogP contribution >= 0.6 is 12.6 Å². The number of aliphatic hydroxyl groups is 1. The average Bonchev–Trinajstić information content (AvgIpc) is 1.82. The molecule has 1 amide bonds. The van der Waals surface area contributed by atoms with Crippen molar-refractivity contribution >= 4 is 18.5 Å². The van der Waals surface area contributed by atoms with Crippen molar-refractivity contribution in [2.45, 2.75) is 6.42 Å². The third kappa shape index (κ3) is 3.37. The van der Waals surface area contributed by atoms with Crippen molar-refractivity contribution in [3.63, 3.8) is 0 Å². The van der Waals surface area contributed by atoms with Crippen LogP contribution in [0, 0.1) is 5.92 Å². The van der Waals surface area contributed by atoms with Gasteiger partial charge in [0.15, 0.2) is 0 Å². The minimum atomic E-state index is -0.390. The van der Waals surface area contributed by atoms with Crippen molar-refractivity contribution < 1.29 is 9.90 Å². The van der Waals surface area contributed by atoms with Crippen molar-refractivity contribution in [1.29, 1.82) is 0 Å². The molecule has 0 heterocycles. The number of carbonyl (C=O) groups is 1. The van der Waals surface area contributed by atoms with Gasteiger partial charge in [-0.25, -0.2) is 0 Å². The van der Waals surface area contributed by atoms with Crippen LogP contribution in [0.4, 0.5) is 0 Å². The Balaban J connectivity index is 3.54. The zero-order chi connectivity index (χ0) is 7.28. The molecule has 0 saturated carbocycles. The highest BCUT2D eigenvalue weighted by molar-refractivity contribution is 7.80. The first-order valence-corrected chi connectivity index (χ1v) is 3.36. The summed E-state index contributed by atoms with van der Waals surface area (Å²) in [4.78, 5) is 10.4. The number of rotatable bonds is 4. The van der Waals surface area contributed by atoms with Gasteiger partial charge in [-0.05, 0) is 6.42 Å². The monoisotopic (exact) mass is 149 g/mol. The number of thiol groups is 1. The Bertz CT molecular complexity index is 97.0. The first kappa shape index (κ1) is 8.78. The van der Waals surface area contributed by atoms with Gasteiger partial charge >= 0.3 is 0 Å². The molecule has 0 aromatic carbocycles. The molecule has 9 heavy (non-hydrogen) atoms. The van der Waals surface area contributed by atoms with E-state index in [1.54, 1.807) is 0 Å². The van der Waals surface area contributed by atoms with E-state index >= 15 is 0 Å². The molecule has 0 aliphatic rings. The fourth-order valence-electron chi connectivity index (χ4n) is 0.479. The lowest BCUT2D eigenvalue weighted by Gasteiger charge is -2.05. The van der Waals surface area contributed by atoms with Gasteiger partial charge in [-0.1, -0.05) is 0 Å². The van der Waals surface area contributed by atoms with Gasteiger partial charge in [-0.15, -0.1) is 0 Å². The maximum absolute atomic E-state index is 10.4. The van der Waals surface area contributed by atoms with Crippen LogP contribution < -0.4 is 5.73 Å². The fraction of sp³-hybridized carbons (Fsp3) is 0.800. The molecule has 0 saturated heterocycles. The van der Waals surface area contributed by atoms with Gasteiger partial charge in [0.1, 0.15) is 0 Å². The van der Waals surface area contributed by atoms with E-state index in [0.29, 0.717) is 12.2 Å². The Morgan fingerprint density at radius 3 is 2.44 bits per heavy atom. The second kappa shape index (κ2) is 4.64. The molecule has 1 atom stereocenters. The van der Waals surface area contributed by atoms with E-state index in [-0.39, 0.29) is 18.4 Å². The topological polar surface area (TPSA) is 63.3 Å². The number of hydrogen-bond donors (Lipinski definition) is 3. The molecule has 1 unspecified atom stereocenters. The minimum absolute atomic E-state index is 0.00579. The molecule has 0 aliphatic heterocycles. The molecule has 0 spiro atoms. The highest BCUT2D eigenvalue weighted by atomic mass is 32.1. The second-order valence-electron chi connectivity index (χ2n) is 1.79. The molecule has 4 heteroatoms. The second-order valence-corrected chi connectivity index (χ2v) is 2.16. The molecule has 0 radical (unpaired) electrons. The van der Waals surface area contributed by atoms with Crippen LogP contribution in [-0.4, -0.2) is 23.4 Å². The van der Waals surface area contributed by atoms with Gasteiger partial charge in [0.05, 0.1) is 0 Å². The van der Waals surface area contributed by atoms with Crippen molar-refractivity contribution in [3.8, 4) is 0 Å². The Morgan fingerprint density at radius 1 is 1.78 bits per heavy atom. The molecule has 54 valence electrons. The lowest BCUT2D eigenvalue weighted by atomic mass is 10.1. The first-order valence-electron chi connectivity index (χ1n) is 2.73. The number of carbonyl (C=O) groups excluding carboxylic acids is 1. The summed E-state index contributed by atoms with van der Waals surface area (Å²) in [5.41, 5.74) is 4.93. The molecular weight excluding hydrogens is 138 g/mol. The van der Waals surface area contributed by atoms with Crippen LogP contribution in [0.5, 0.6) is 0 Å². The summed E-state index contributed by atoms with van der Waals surface area (Å²) in [6, 6.07) is 0. The Labute approximate surface area is 59.6 Å². The van der Waals surface area contributed by atoms with Crippen LogP contribution in [0.1, 0.15) is 6.42 Å². The van der Waals surface area contributed by atoms with E-state index in [4.69, 9.17) is 10.8 Å². The minimum Gasteiger partial charge on any atom is -0.396 e. The van der Waals surface area contributed by atoms with Crippen LogP contribution in [0.15, 0.2) is 0 Å². The summed E-state index contributed by atoms with van der Waals surface area (Å²) in [7, 11) is 0. The van der Waals surface area contributed by atoms with Crippen LogP contribution in [0.3, 0.4) is 0 Å². The lowest BCUT2D eigenvalue weighted by molar-refractivity contribution is -0.121. The summed E-state index contributed by atoms with van der Waals surface area (Å²) in [6.45, 7) is -0.00579. The molecule has 0 aromatic heterocycles. The van der Waals surface area contributed by atoms with Crippen molar-refractivity contribution in [2.24, 2.45) is 11.7 Å². The zero-order valence-corrected chi connectivity index (χ0v) is 5.97. The quantitative estimate of drug-likeness (QED) is 0.467. The molecular formula is C5H11NO2S. The molecule has 3 nitrogen and oxygen atoms in total. The van der Waals surface area contributed by atoms with Crippen molar-refractivity contribution in [1.82, 2.24) is 0 Å². The van der Waals surface area contributed by atoms with Crippen molar-refractivity contribution in [2.75, 3.05) is 12.4 Å². The summed E-state index contributed by atoms with van der Waals surface area (Å²) in [6.07, 6.45) is 0.416. The molecule has 3 N–H and O–H groups in total. The van der Waals surface area contributed by atoms with Gasteiger partial charge < -0.3 is 10.8 Å². The number of nitrogens with two attached hydrogens (primary N) is 1. The number of primary amides is 1. The number of aliphatic hydroxyl groups excluding tert-OH is 1. The first-order chi connectivity index (χ1) is 4.22. The Morgan fingerprint density at radius 2 is 2.33 bits per heavy atom. The van der Waals surface area contributed by atoms with E-state index in [0.717, 1.165) is 0 Å². The molecule has 0 aromatic rings. The van der Waals surface area contributed by atoms with Gasteiger partial charge in [0.25, 0.3) is 0 Å². The van der Waals surface area contributed by atoms with E-state index in [2.05, 4.69) is 12.6 Å². The van der Waals surface area contributed by atoms with E-state index < -0.39 is 0 Å². The molecule has 0 aliphatic carbocycles. The summed E-state index contributed by atoms with van der Waals surface area (Å²) in [5, 5.41) is 8.37. The smallest absolute Gasteiger partial charge is 0.221 e. The number of amides is 1. The normalized spacial score (nSPS) is 13.1. The van der Waals surface area contributed by atoms with E-state index in [9.17, 15) is 4.79 Å².